The third kappa shape index (κ3) is 1.79. The van der Waals surface area contributed by atoms with Crippen molar-refractivity contribution in [2.45, 2.75) is 6.92 Å². The highest BCUT2D eigenvalue weighted by atomic mass is 19.1. The van der Waals surface area contributed by atoms with E-state index < -0.39 is 5.97 Å². The molecule has 0 aliphatic carbocycles. The second-order valence-electron chi connectivity index (χ2n) is 3.38. The fourth-order valence-corrected chi connectivity index (χ4v) is 1.35. The van der Waals surface area contributed by atoms with Gasteiger partial charge in [0.25, 0.3) is 0 Å². The van der Waals surface area contributed by atoms with Gasteiger partial charge in [-0.3, -0.25) is 0 Å². The number of hydrogen-bond acceptors (Lipinski definition) is 2. The number of carbonyl (C=O) groups is 1. The average molecular weight is 220 g/mol. The van der Waals surface area contributed by atoms with Gasteiger partial charge in [-0.25, -0.2) is 13.9 Å². The number of rotatable bonds is 2. The van der Waals surface area contributed by atoms with Crippen molar-refractivity contribution < 1.29 is 14.3 Å². The average Bonchev–Trinajstić information content (AvgIpc) is 2.71. The standard InChI is InChI=1S/C11H9FN2O2/c1-7-6-8(2-3-9(7)12)14-5-4-10(13-14)11(15)16/h2-6H,1H3,(H,15,16). The fraction of sp³-hybridized carbons (Fsp3) is 0.0909. The lowest BCUT2D eigenvalue weighted by Crippen LogP contribution is -2.01. The Hall–Kier alpha value is -2.17. The predicted octanol–water partition coefficient (Wildman–Crippen LogP) is 2.02. The molecule has 16 heavy (non-hydrogen) atoms. The first-order valence-corrected chi connectivity index (χ1v) is 4.63. The van der Waals surface area contributed by atoms with Crippen LogP contribution in [0.5, 0.6) is 0 Å². The molecular weight excluding hydrogens is 211 g/mol. The van der Waals surface area contributed by atoms with Gasteiger partial charge in [-0.15, -0.1) is 0 Å². The summed E-state index contributed by atoms with van der Waals surface area (Å²) < 4.78 is 14.4. The van der Waals surface area contributed by atoms with Gasteiger partial charge in [0.2, 0.25) is 0 Å². The van der Waals surface area contributed by atoms with Crippen molar-refractivity contribution in [3.63, 3.8) is 0 Å². The maximum absolute atomic E-state index is 13.0. The number of aryl methyl sites for hydroxylation is 1. The first-order chi connectivity index (χ1) is 7.58. The molecule has 0 unspecified atom stereocenters. The Bertz CT molecular complexity index is 549. The third-order valence-electron chi connectivity index (χ3n) is 2.21. The Labute approximate surface area is 90.9 Å². The van der Waals surface area contributed by atoms with Crippen LogP contribution in [0.25, 0.3) is 5.69 Å². The summed E-state index contributed by atoms with van der Waals surface area (Å²) in [6, 6.07) is 5.86. The van der Waals surface area contributed by atoms with Gasteiger partial charge >= 0.3 is 5.97 Å². The zero-order valence-electron chi connectivity index (χ0n) is 8.51. The molecule has 0 saturated carbocycles. The second-order valence-corrected chi connectivity index (χ2v) is 3.38. The van der Waals surface area contributed by atoms with Crippen molar-refractivity contribution in [1.29, 1.82) is 0 Å². The molecule has 0 radical (unpaired) electrons. The SMILES string of the molecule is Cc1cc(-n2ccc(C(=O)O)n2)ccc1F. The van der Waals surface area contributed by atoms with E-state index in [0.29, 0.717) is 11.3 Å². The number of aromatic carboxylic acids is 1. The maximum atomic E-state index is 13.0. The molecule has 2 rings (SSSR count). The number of carboxylic acid groups (broad SMARTS) is 1. The Morgan fingerprint density at radius 1 is 1.44 bits per heavy atom. The fourth-order valence-electron chi connectivity index (χ4n) is 1.35. The summed E-state index contributed by atoms with van der Waals surface area (Å²) in [6.45, 7) is 1.64. The Balaban J connectivity index is 2.42. The summed E-state index contributed by atoms with van der Waals surface area (Å²) in [4.78, 5) is 10.6. The van der Waals surface area contributed by atoms with Crippen LogP contribution in [-0.4, -0.2) is 20.9 Å². The molecule has 0 aliphatic rings. The molecule has 1 heterocycles. The molecule has 1 N–H and O–H groups in total. The third-order valence-corrected chi connectivity index (χ3v) is 2.21. The molecule has 1 aromatic carbocycles. The first-order valence-electron chi connectivity index (χ1n) is 4.63. The second kappa shape index (κ2) is 3.77. The molecule has 2 aromatic rings. The minimum absolute atomic E-state index is 0.0398. The van der Waals surface area contributed by atoms with E-state index >= 15 is 0 Å². The molecule has 0 bridgehead atoms. The highest BCUT2D eigenvalue weighted by Gasteiger charge is 2.08. The molecule has 0 saturated heterocycles. The molecule has 0 atom stereocenters. The highest BCUT2D eigenvalue weighted by molar-refractivity contribution is 5.85. The molecule has 1 aromatic heterocycles. The van der Waals surface area contributed by atoms with Gasteiger partial charge in [-0.2, -0.15) is 5.10 Å². The van der Waals surface area contributed by atoms with Crippen LogP contribution in [0.4, 0.5) is 4.39 Å². The number of benzene rings is 1. The lowest BCUT2D eigenvalue weighted by molar-refractivity contribution is 0.0690. The Kier molecular flexibility index (Phi) is 2.44. The molecule has 82 valence electrons. The van der Waals surface area contributed by atoms with Crippen molar-refractivity contribution >= 4 is 5.97 Å². The highest BCUT2D eigenvalue weighted by Crippen LogP contribution is 2.13. The van der Waals surface area contributed by atoms with Crippen LogP contribution in [0.3, 0.4) is 0 Å². The molecule has 0 aliphatic heterocycles. The molecular formula is C11H9FN2O2. The van der Waals surface area contributed by atoms with Crippen LogP contribution in [0, 0.1) is 12.7 Å². The van der Waals surface area contributed by atoms with E-state index in [1.807, 2.05) is 0 Å². The van der Waals surface area contributed by atoms with Crippen LogP contribution < -0.4 is 0 Å². The topological polar surface area (TPSA) is 55.1 Å². The van der Waals surface area contributed by atoms with Crippen molar-refractivity contribution in [2.24, 2.45) is 0 Å². The smallest absolute Gasteiger partial charge is 0.356 e. The van der Waals surface area contributed by atoms with Gasteiger partial charge in [0.15, 0.2) is 5.69 Å². The lowest BCUT2D eigenvalue weighted by atomic mass is 10.2. The first kappa shape index (κ1) is 10.4. The number of carboxylic acids is 1. The summed E-state index contributed by atoms with van der Waals surface area (Å²) in [5.41, 5.74) is 1.08. The van der Waals surface area contributed by atoms with Gasteiger partial charge in [-0.1, -0.05) is 0 Å². The maximum Gasteiger partial charge on any atom is 0.356 e. The van der Waals surface area contributed by atoms with Crippen molar-refractivity contribution in [2.75, 3.05) is 0 Å². The molecule has 0 fully saturated rings. The van der Waals surface area contributed by atoms with Gasteiger partial charge < -0.3 is 5.11 Å². The largest absolute Gasteiger partial charge is 0.476 e. The number of aromatic nitrogens is 2. The van der Waals surface area contributed by atoms with E-state index in [4.69, 9.17) is 5.11 Å². The van der Waals surface area contributed by atoms with Gasteiger partial charge in [0.1, 0.15) is 5.82 Å². The predicted molar refractivity (Wildman–Crippen MR) is 55.2 cm³/mol. The normalized spacial score (nSPS) is 10.4. The number of nitrogens with zero attached hydrogens (tertiary/aromatic N) is 2. The molecule has 0 spiro atoms. The van der Waals surface area contributed by atoms with Crippen molar-refractivity contribution in [3.8, 4) is 5.69 Å². The van der Waals surface area contributed by atoms with E-state index in [-0.39, 0.29) is 11.5 Å². The van der Waals surface area contributed by atoms with E-state index in [0.717, 1.165) is 0 Å². The summed E-state index contributed by atoms with van der Waals surface area (Å²) in [5, 5.41) is 12.6. The van der Waals surface area contributed by atoms with E-state index in [1.165, 1.54) is 23.0 Å². The Morgan fingerprint density at radius 3 is 2.75 bits per heavy atom. The van der Waals surface area contributed by atoms with E-state index in [2.05, 4.69) is 5.10 Å². The summed E-state index contributed by atoms with van der Waals surface area (Å²) in [5.74, 6) is -1.38. The molecule has 0 amide bonds. The minimum Gasteiger partial charge on any atom is -0.476 e. The van der Waals surface area contributed by atoms with E-state index in [9.17, 15) is 9.18 Å². The van der Waals surface area contributed by atoms with Crippen molar-refractivity contribution in [3.05, 3.63) is 47.5 Å². The van der Waals surface area contributed by atoms with Gasteiger partial charge in [0.05, 0.1) is 5.69 Å². The quantitative estimate of drug-likeness (QED) is 0.842. The van der Waals surface area contributed by atoms with Gasteiger partial charge in [0, 0.05) is 6.20 Å². The summed E-state index contributed by atoms with van der Waals surface area (Å²) in [7, 11) is 0. The van der Waals surface area contributed by atoms with Crippen LogP contribution in [0.15, 0.2) is 30.5 Å². The van der Waals surface area contributed by atoms with Gasteiger partial charge in [-0.05, 0) is 36.8 Å². The summed E-state index contributed by atoms with van der Waals surface area (Å²) >= 11 is 0. The van der Waals surface area contributed by atoms with Crippen LogP contribution >= 0.6 is 0 Å². The number of halogens is 1. The molecule has 5 heteroatoms. The minimum atomic E-state index is -1.09. The zero-order valence-corrected chi connectivity index (χ0v) is 8.51. The Morgan fingerprint density at radius 2 is 2.19 bits per heavy atom. The van der Waals surface area contributed by atoms with Crippen molar-refractivity contribution in [1.82, 2.24) is 9.78 Å². The zero-order chi connectivity index (χ0) is 11.7. The molecule has 4 nitrogen and oxygen atoms in total. The monoisotopic (exact) mass is 220 g/mol. The van der Waals surface area contributed by atoms with Crippen LogP contribution in [0.1, 0.15) is 16.1 Å². The van der Waals surface area contributed by atoms with Crippen LogP contribution in [-0.2, 0) is 0 Å². The lowest BCUT2D eigenvalue weighted by Gasteiger charge is -2.02. The summed E-state index contributed by atoms with van der Waals surface area (Å²) in [6.07, 6.45) is 1.52. The van der Waals surface area contributed by atoms with E-state index in [1.54, 1.807) is 19.1 Å². The van der Waals surface area contributed by atoms with Crippen LogP contribution in [0.2, 0.25) is 0 Å². The number of hydrogen-bond donors (Lipinski definition) is 1.